The monoisotopic (exact) mass is 423 g/mol. The van der Waals surface area contributed by atoms with Crippen molar-refractivity contribution in [3.63, 3.8) is 0 Å². The third kappa shape index (κ3) is 3.21. The summed E-state index contributed by atoms with van der Waals surface area (Å²) in [4.78, 5) is 12.5. The smallest absolute Gasteiger partial charge is 0.342 e. The summed E-state index contributed by atoms with van der Waals surface area (Å²) >= 11 is 0. The fourth-order valence-electron chi connectivity index (χ4n) is 3.67. The number of fused-ring (bicyclic) bond motifs is 3. The molecule has 0 atom stereocenters. The van der Waals surface area contributed by atoms with Crippen LogP contribution in [0.25, 0.3) is 21.7 Å². The van der Waals surface area contributed by atoms with Gasteiger partial charge in [0.15, 0.2) is 0 Å². The van der Waals surface area contributed by atoms with Crippen LogP contribution in [0.4, 0.5) is 5.69 Å². The van der Waals surface area contributed by atoms with Crippen molar-refractivity contribution in [1.82, 2.24) is 0 Å². The molecule has 0 spiro atoms. The molecule has 4 aromatic rings. The number of aryl methyl sites for hydroxylation is 3. The fourth-order valence-corrected chi connectivity index (χ4v) is 5.08. The quantitative estimate of drug-likeness (QED) is 0.462. The summed E-state index contributed by atoms with van der Waals surface area (Å²) in [6.45, 7) is 5.28. The summed E-state index contributed by atoms with van der Waals surface area (Å²) in [5.74, 6) is -0.124. The van der Waals surface area contributed by atoms with Gasteiger partial charge in [-0.2, -0.15) is 0 Å². The summed E-state index contributed by atoms with van der Waals surface area (Å²) < 4.78 is 39.9. The van der Waals surface area contributed by atoms with Crippen LogP contribution in [0.1, 0.15) is 27.2 Å². The highest BCUT2D eigenvalue weighted by Gasteiger charge is 2.24. The summed E-state index contributed by atoms with van der Waals surface area (Å²) in [6.07, 6.45) is 0. The molecule has 0 aliphatic carbocycles. The Balaban J connectivity index is 1.98. The Bertz CT molecular complexity index is 1420. The van der Waals surface area contributed by atoms with Crippen LogP contribution in [0.2, 0.25) is 0 Å². The van der Waals surface area contributed by atoms with Gasteiger partial charge in [0.25, 0.3) is 10.0 Å². The molecule has 1 heterocycles. The van der Waals surface area contributed by atoms with E-state index < -0.39 is 16.0 Å². The summed E-state index contributed by atoms with van der Waals surface area (Å²) in [6, 6.07) is 14.2. The van der Waals surface area contributed by atoms with Crippen LogP contribution in [0.15, 0.2) is 57.8 Å². The lowest BCUT2D eigenvalue weighted by Gasteiger charge is -2.14. The maximum Gasteiger partial charge on any atom is 0.342 e. The molecule has 0 radical (unpaired) electrons. The molecule has 1 N–H and O–H groups in total. The van der Waals surface area contributed by atoms with Gasteiger partial charge in [0.1, 0.15) is 16.9 Å². The molecule has 0 unspecified atom stereocenters. The number of hydrogen-bond acceptors (Lipinski definition) is 5. The van der Waals surface area contributed by atoms with E-state index in [9.17, 15) is 13.2 Å². The Morgan fingerprint density at radius 1 is 0.967 bits per heavy atom. The van der Waals surface area contributed by atoms with Crippen molar-refractivity contribution in [3.8, 4) is 0 Å². The van der Waals surface area contributed by atoms with Gasteiger partial charge < -0.3 is 9.15 Å². The summed E-state index contributed by atoms with van der Waals surface area (Å²) in [7, 11) is -2.56. The number of hydrogen-bond donors (Lipinski definition) is 1. The first-order chi connectivity index (χ1) is 14.2. The third-order valence-corrected chi connectivity index (χ3v) is 6.65. The molecule has 0 fully saturated rings. The first-order valence-corrected chi connectivity index (χ1v) is 10.8. The van der Waals surface area contributed by atoms with Gasteiger partial charge in [-0.1, -0.05) is 36.4 Å². The maximum absolute atomic E-state index is 13.2. The first kappa shape index (κ1) is 20.0. The number of benzene rings is 3. The average molecular weight is 423 g/mol. The zero-order valence-electron chi connectivity index (χ0n) is 17.1. The number of methoxy groups -OCH3 is 1. The lowest BCUT2D eigenvalue weighted by Crippen LogP contribution is -2.15. The molecule has 7 heteroatoms. The number of rotatable bonds is 4. The lowest BCUT2D eigenvalue weighted by molar-refractivity contribution is 0.0600. The van der Waals surface area contributed by atoms with Crippen LogP contribution in [0, 0.1) is 20.8 Å². The van der Waals surface area contributed by atoms with Crippen molar-refractivity contribution in [2.75, 3.05) is 11.8 Å². The Labute approximate surface area is 174 Å². The van der Waals surface area contributed by atoms with E-state index in [4.69, 9.17) is 9.15 Å². The second kappa shape index (κ2) is 7.18. The molecular formula is C23H21NO5S. The van der Waals surface area contributed by atoms with E-state index in [2.05, 4.69) is 4.72 Å². The number of ether oxygens (including phenoxy) is 1. The maximum atomic E-state index is 13.2. The van der Waals surface area contributed by atoms with Crippen molar-refractivity contribution >= 4 is 43.4 Å². The molecule has 0 saturated carbocycles. The first-order valence-electron chi connectivity index (χ1n) is 9.36. The van der Waals surface area contributed by atoms with Crippen LogP contribution in [-0.4, -0.2) is 21.5 Å². The van der Waals surface area contributed by atoms with Crippen molar-refractivity contribution in [2.24, 2.45) is 0 Å². The number of nitrogens with one attached hydrogen (secondary N) is 1. The second-order valence-electron chi connectivity index (χ2n) is 7.25. The highest BCUT2D eigenvalue weighted by Crippen LogP contribution is 2.37. The van der Waals surface area contributed by atoms with Gasteiger partial charge >= 0.3 is 5.97 Å². The number of carbonyl (C=O) groups excluding carboxylic acids is 1. The van der Waals surface area contributed by atoms with E-state index in [1.807, 2.05) is 37.3 Å². The SMILES string of the molecule is COC(=O)c1c(C)oc2c1cc(NS(=O)(=O)c1cc(C)ccc1C)c1ccccc12. The van der Waals surface area contributed by atoms with Crippen molar-refractivity contribution < 1.29 is 22.4 Å². The van der Waals surface area contributed by atoms with Gasteiger partial charge in [-0.15, -0.1) is 0 Å². The summed E-state index contributed by atoms with van der Waals surface area (Å²) in [5, 5.41) is 1.87. The predicted molar refractivity (Wildman–Crippen MR) is 117 cm³/mol. The molecule has 4 rings (SSSR count). The van der Waals surface area contributed by atoms with Gasteiger partial charge in [0.05, 0.1) is 17.7 Å². The highest BCUT2D eigenvalue weighted by molar-refractivity contribution is 7.92. The standard InChI is InChI=1S/C23H21NO5S/c1-13-9-10-14(2)20(11-13)30(26,27)24-19-12-18-21(23(25)28-4)15(3)29-22(18)17-8-6-5-7-16(17)19/h5-12,24H,1-4H3. The number of esters is 1. The largest absolute Gasteiger partial charge is 0.465 e. The van der Waals surface area contributed by atoms with Gasteiger partial charge in [0, 0.05) is 16.2 Å². The van der Waals surface area contributed by atoms with Gasteiger partial charge in [0.2, 0.25) is 0 Å². The summed E-state index contributed by atoms with van der Waals surface area (Å²) in [5.41, 5.74) is 2.65. The van der Waals surface area contributed by atoms with Crippen molar-refractivity contribution in [1.29, 1.82) is 0 Å². The van der Waals surface area contributed by atoms with E-state index in [0.717, 1.165) is 5.56 Å². The fraction of sp³-hybridized carbons (Fsp3) is 0.174. The molecule has 0 aliphatic heterocycles. The Hall–Kier alpha value is -3.32. The van der Waals surface area contributed by atoms with Crippen LogP contribution in [0.3, 0.4) is 0 Å². The highest BCUT2D eigenvalue weighted by atomic mass is 32.2. The van der Waals surface area contributed by atoms with Crippen LogP contribution in [0.5, 0.6) is 0 Å². The van der Waals surface area contributed by atoms with E-state index >= 15 is 0 Å². The number of carbonyl (C=O) groups is 1. The molecular weight excluding hydrogens is 402 g/mol. The van der Waals surface area contributed by atoms with Gasteiger partial charge in [-0.05, 0) is 44.0 Å². The second-order valence-corrected chi connectivity index (χ2v) is 8.90. The topological polar surface area (TPSA) is 85.6 Å². The zero-order chi connectivity index (χ0) is 21.6. The van der Waals surface area contributed by atoms with Crippen LogP contribution >= 0.6 is 0 Å². The number of anilines is 1. The third-order valence-electron chi connectivity index (χ3n) is 5.14. The molecule has 0 aliphatic rings. The average Bonchev–Trinajstić information content (AvgIpc) is 3.05. The molecule has 0 saturated heterocycles. The zero-order valence-corrected chi connectivity index (χ0v) is 17.9. The lowest BCUT2D eigenvalue weighted by atomic mass is 10.0. The van der Waals surface area contributed by atoms with Gasteiger partial charge in [-0.25, -0.2) is 13.2 Å². The van der Waals surface area contributed by atoms with Crippen LogP contribution < -0.4 is 4.72 Å². The minimum absolute atomic E-state index is 0.211. The predicted octanol–water partition coefficient (Wildman–Crippen LogP) is 5.10. The minimum Gasteiger partial charge on any atom is -0.465 e. The van der Waals surface area contributed by atoms with E-state index in [1.54, 1.807) is 32.0 Å². The molecule has 30 heavy (non-hydrogen) atoms. The normalized spacial score (nSPS) is 11.7. The Morgan fingerprint density at radius 3 is 2.37 bits per heavy atom. The molecule has 0 bridgehead atoms. The minimum atomic E-state index is -3.86. The van der Waals surface area contributed by atoms with E-state index in [-0.39, 0.29) is 10.5 Å². The number of furan rings is 1. The van der Waals surface area contributed by atoms with Crippen molar-refractivity contribution in [2.45, 2.75) is 25.7 Å². The van der Waals surface area contributed by atoms with Crippen molar-refractivity contribution in [3.05, 3.63) is 71.0 Å². The van der Waals surface area contributed by atoms with E-state index in [0.29, 0.717) is 38.8 Å². The van der Waals surface area contributed by atoms with Crippen LogP contribution in [-0.2, 0) is 14.8 Å². The molecule has 154 valence electrons. The molecule has 0 amide bonds. The molecule has 3 aromatic carbocycles. The number of sulfonamides is 1. The Kier molecular flexibility index (Phi) is 4.78. The molecule has 1 aromatic heterocycles. The van der Waals surface area contributed by atoms with Gasteiger partial charge in [-0.3, -0.25) is 4.72 Å². The Morgan fingerprint density at radius 2 is 1.67 bits per heavy atom. The van der Waals surface area contributed by atoms with E-state index in [1.165, 1.54) is 7.11 Å². The molecule has 6 nitrogen and oxygen atoms in total.